The monoisotopic (exact) mass is 419 g/mol. The van der Waals surface area contributed by atoms with Crippen molar-refractivity contribution in [3.05, 3.63) is 68.6 Å². The van der Waals surface area contributed by atoms with Crippen molar-refractivity contribution in [3.63, 3.8) is 0 Å². The molecule has 0 radical (unpaired) electrons. The summed E-state index contributed by atoms with van der Waals surface area (Å²) in [4.78, 5) is 32.0. The van der Waals surface area contributed by atoms with E-state index >= 15 is 0 Å². The minimum atomic E-state index is -0.387. The van der Waals surface area contributed by atoms with Gasteiger partial charge in [0.15, 0.2) is 0 Å². The third-order valence-electron chi connectivity index (χ3n) is 5.75. The highest BCUT2D eigenvalue weighted by Gasteiger charge is 2.24. The van der Waals surface area contributed by atoms with E-state index in [1.807, 2.05) is 30.3 Å². The summed E-state index contributed by atoms with van der Waals surface area (Å²) in [6, 6.07) is 11.4. The summed E-state index contributed by atoms with van der Waals surface area (Å²) >= 11 is 1.27. The van der Waals surface area contributed by atoms with Crippen molar-refractivity contribution in [2.24, 2.45) is 7.05 Å². The molecule has 1 aliphatic carbocycles. The summed E-state index contributed by atoms with van der Waals surface area (Å²) in [5.74, 6) is -0.387. The number of carbonyl (C=O) groups is 1. The molecule has 152 valence electrons. The molecule has 3 N–H and O–H groups in total. The third kappa shape index (κ3) is 2.75. The maximum atomic E-state index is 13.1. The number of aryl methyl sites for hydroxylation is 2. The maximum absolute atomic E-state index is 13.1. The number of thiophene rings is 1. The fourth-order valence-corrected chi connectivity index (χ4v) is 5.04. The summed E-state index contributed by atoms with van der Waals surface area (Å²) in [7, 11) is 1.79. The number of aromatic nitrogens is 3. The molecule has 8 heteroatoms. The second kappa shape index (κ2) is 6.84. The van der Waals surface area contributed by atoms with Crippen molar-refractivity contribution in [1.29, 1.82) is 0 Å². The summed E-state index contributed by atoms with van der Waals surface area (Å²) in [5.41, 5.74) is 10.4. The van der Waals surface area contributed by atoms with E-state index in [9.17, 15) is 9.59 Å². The Kier molecular flexibility index (Phi) is 4.25. The molecule has 0 saturated heterocycles. The van der Waals surface area contributed by atoms with Crippen molar-refractivity contribution in [2.45, 2.75) is 26.2 Å². The number of nitrogen functional groups attached to an aromatic ring is 1. The molecule has 3 aromatic heterocycles. The maximum Gasteiger partial charge on any atom is 0.295 e. The zero-order chi connectivity index (χ0) is 21.0. The molecule has 0 atom stereocenters. The van der Waals surface area contributed by atoms with Crippen molar-refractivity contribution in [1.82, 2.24) is 14.3 Å². The van der Waals surface area contributed by atoms with Gasteiger partial charge in [-0.1, -0.05) is 18.2 Å². The summed E-state index contributed by atoms with van der Waals surface area (Å²) in [6.07, 6.45) is 3.07. The molecule has 7 nitrogen and oxygen atoms in total. The molecule has 1 amide bonds. The van der Waals surface area contributed by atoms with Crippen molar-refractivity contribution < 1.29 is 4.79 Å². The quantitative estimate of drug-likeness (QED) is 0.532. The Morgan fingerprint density at radius 2 is 2.00 bits per heavy atom. The van der Waals surface area contributed by atoms with Crippen LogP contribution in [-0.4, -0.2) is 20.3 Å². The fraction of sp³-hybridized carbons (Fsp3) is 0.227. The zero-order valence-corrected chi connectivity index (χ0v) is 17.5. The minimum absolute atomic E-state index is 0.249. The van der Waals surface area contributed by atoms with E-state index in [-0.39, 0.29) is 17.2 Å². The Hall–Kier alpha value is -3.39. The molecular weight excluding hydrogens is 398 g/mol. The number of benzene rings is 1. The van der Waals surface area contributed by atoms with Crippen LogP contribution < -0.4 is 16.6 Å². The molecule has 0 saturated carbocycles. The van der Waals surface area contributed by atoms with Gasteiger partial charge in [0.2, 0.25) is 0 Å². The van der Waals surface area contributed by atoms with Gasteiger partial charge < -0.3 is 11.1 Å². The van der Waals surface area contributed by atoms with Gasteiger partial charge in [-0.3, -0.25) is 14.3 Å². The number of rotatable bonds is 3. The fourth-order valence-electron chi connectivity index (χ4n) is 4.05. The number of nitrogens with two attached hydrogens (primary N) is 1. The molecule has 30 heavy (non-hydrogen) atoms. The molecule has 0 spiro atoms. The zero-order valence-electron chi connectivity index (χ0n) is 16.7. The van der Waals surface area contributed by atoms with Crippen LogP contribution in [-0.2, 0) is 19.9 Å². The van der Waals surface area contributed by atoms with Gasteiger partial charge >= 0.3 is 0 Å². The highest BCUT2D eigenvalue weighted by atomic mass is 32.1. The lowest BCUT2D eigenvalue weighted by Crippen LogP contribution is -2.22. The topological polar surface area (TPSA) is 94.9 Å². The predicted octanol–water partition coefficient (Wildman–Crippen LogP) is 3.42. The predicted molar refractivity (Wildman–Crippen MR) is 120 cm³/mol. The normalized spacial score (nSPS) is 13.0. The lowest BCUT2D eigenvalue weighted by atomic mass is 10.1. The SMILES string of the molecule is Cc1c(NC(=O)c2sc3nc4c(cc3c2N)CCC4)c(=O)n(-c2ccccc2)n1C. The number of nitrogens with zero attached hydrogens (tertiary/aromatic N) is 3. The second-order valence-corrected chi connectivity index (χ2v) is 8.54. The molecule has 0 aliphatic heterocycles. The van der Waals surface area contributed by atoms with E-state index in [4.69, 9.17) is 10.7 Å². The number of para-hydroxylation sites is 1. The number of amides is 1. The van der Waals surface area contributed by atoms with Gasteiger partial charge in [-0.15, -0.1) is 11.3 Å². The van der Waals surface area contributed by atoms with Crippen LogP contribution in [0, 0.1) is 6.92 Å². The Morgan fingerprint density at radius 1 is 1.23 bits per heavy atom. The van der Waals surface area contributed by atoms with E-state index in [0.29, 0.717) is 16.3 Å². The van der Waals surface area contributed by atoms with Crippen LogP contribution >= 0.6 is 11.3 Å². The summed E-state index contributed by atoms with van der Waals surface area (Å²) in [6.45, 7) is 1.80. The van der Waals surface area contributed by atoms with Crippen LogP contribution in [0.15, 0.2) is 41.2 Å². The first kappa shape index (κ1) is 18.6. The standard InChI is InChI=1S/C22H21N5O2S/c1-12-18(22(29)27(26(12)2)14-8-4-3-5-9-14)25-20(28)19-17(23)15-11-13-7-6-10-16(13)24-21(15)30-19/h3-5,8-9,11H,6-7,10,23H2,1-2H3,(H,25,28). The Bertz CT molecular complexity index is 1360. The van der Waals surface area contributed by atoms with E-state index in [1.54, 1.807) is 18.7 Å². The largest absolute Gasteiger partial charge is 0.397 e. The first-order valence-corrected chi connectivity index (χ1v) is 10.6. The lowest BCUT2D eigenvalue weighted by Gasteiger charge is -2.07. The number of nitrogens with one attached hydrogen (secondary N) is 1. The Labute approximate surface area is 176 Å². The summed E-state index contributed by atoms with van der Waals surface area (Å²) in [5, 5.41) is 3.61. The molecular formula is C22H21N5O2S. The van der Waals surface area contributed by atoms with Gasteiger partial charge in [-0.25, -0.2) is 9.67 Å². The first-order valence-electron chi connectivity index (χ1n) is 9.82. The van der Waals surface area contributed by atoms with E-state index in [2.05, 4.69) is 11.4 Å². The molecule has 4 aromatic rings. The van der Waals surface area contributed by atoms with Crippen LogP contribution in [0.4, 0.5) is 11.4 Å². The average Bonchev–Trinajstić information content (AvgIpc) is 3.39. The highest BCUT2D eigenvalue weighted by Crippen LogP contribution is 2.36. The van der Waals surface area contributed by atoms with Crippen LogP contribution in [0.25, 0.3) is 15.9 Å². The van der Waals surface area contributed by atoms with Gasteiger partial charge in [0.05, 0.1) is 17.1 Å². The number of pyridine rings is 1. The van der Waals surface area contributed by atoms with Crippen molar-refractivity contribution >= 4 is 38.8 Å². The average molecular weight is 420 g/mol. The van der Waals surface area contributed by atoms with Gasteiger partial charge in [-0.05, 0) is 49.9 Å². The molecule has 3 heterocycles. The first-order chi connectivity index (χ1) is 14.5. The van der Waals surface area contributed by atoms with Crippen LogP contribution in [0.5, 0.6) is 0 Å². The summed E-state index contributed by atoms with van der Waals surface area (Å²) < 4.78 is 3.26. The molecule has 0 fully saturated rings. The van der Waals surface area contributed by atoms with Gasteiger partial charge in [-0.2, -0.15) is 0 Å². The van der Waals surface area contributed by atoms with Gasteiger partial charge in [0, 0.05) is 18.1 Å². The van der Waals surface area contributed by atoms with E-state index in [1.165, 1.54) is 21.6 Å². The smallest absolute Gasteiger partial charge is 0.295 e. The molecule has 0 unspecified atom stereocenters. The number of hydrogen-bond acceptors (Lipinski definition) is 5. The molecule has 0 bridgehead atoms. The van der Waals surface area contributed by atoms with Crippen LogP contribution in [0.2, 0.25) is 0 Å². The molecule has 1 aliphatic rings. The van der Waals surface area contributed by atoms with E-state index < -0.39 is 0 Å². The molecule has 5 rings (SSSR count). The van der Waals surface area contributed by atoms with Gasteiger partial charge in [0.25, 0.3) is 11.5 Å². The number of fused-ring (bicyclic) bond motifs is 2. The van der Waals surface area contributed by atoms with Crippen molar-refractivity contribution in [3.8, 4) is 5.69 Å². The lowest BCUT2D eigenvalue weighted by molar-refractivity contribution is 0.103. The Balaban J connectivity index is 1.54. The number of carbonyl (C=O) groups excluding carboxylic acids is 1. The van der Waals surface area contributed by atoms with Gasteiger partial charge in [0.1, 0.15) is 15.4 Å². The number of hydrogen-bond donors (Lipinski definition) is 2. The number of anilines is 2. The minimum Gasteiger partial charge on any atom is -0.397 e. The highest BCUT2D eigenvalue weighted by molar-refractivity contribution is 7.21. The van der Waals surface area contributed by atoms with Crippen molar-refractivity contribution in [2.75, 3.05) is 11.1 Å². The van der Waals surface area contributed by atoms with E-state index in [0.717, 1.165) is 40.9 Å². The Morgan fingerprint density at radius 3 is 2.77 bits per heavy atom. The second-order valence-electron chi connectivity index (χ2n) is 7.54. The molecule has 1 aromatic carbocycles. The van der Waals surface area contributed by atoms with Crippen LogP contribution in [0.1, 0.15) is 33.0 Å². The third-order valence-corrected chi connectivity index (χ3v) is 6.86. The van der Waals surface area contributed by atoms with Crippen LogP contribution in [0.3, 0.4) is 0 Å².